The monoisotopic (exact) mass is 393 g/mol. The molecule has 0 spiro atoms. The van der Waals surface area contributed by atoms with E-state index >= 15 is 0 Å². The van der Waals surface area contributed by atoms with Gasteiger partial charge in [0.2, 0.25) is 11.8 Å². The highest BCUT2D eigenvalue weighted by Gasteiger charge is 2.24. The molecule has 2 aromatic carbocycles. The molecular weight excluding hydrogens is 366 g/mol. The van der Waals surface area contributed by atoms with E-state index in [4.69, 9.17) is 14.6 Å². The summed E-state index contributed by atoms with van der Waals surface area (Å²) in [7, 11) is 3.39. The summed E-state index contributed by atoms with van der Waals surface area (Å²) in [6.45, 7) is 3.14. The van der Waals surface area contributed by atoms with Crippen LogP contribution in [0, 0.1) is 0 Å². The van der Waals surface area contributed by atoms with Crippen molar-refractivity contribution in [1.29, 1.82) is 0 Å². The van der Waals surface area contributed by atoms with Crippen LogP contribution in [0.3, 0.4) is 0 Å². The van der Waals surface area contributed by atoms with E-state index in [0.29, 0.717) is 19.0 Å². The van der Waals surface area contributed by atoms with Crippen LogP contribution in [0.25, 0.3) is 11.3 Å². The first-order chi connectivity index (χ1) is 14.1. The summed E-state index contributed by atoms with van der Waals surface area (Å²) in [6.07, 6.45) is 0.852. The Hall–Kier alpha value is -3.12. The van der Waals surface area contributed by atoms with Gasteiger partial charge in [0.1, 0.15) is 18.1 Å². The smallest absolute Gasteiger partial charge is 0.248 e. The summed E-state index contributed by atoms with van der Waals surface area (Å²) in [4.78, 5) is 14.4. The van der Waals surface area contributed by atoms with Gasteiger partial charge in [-0.1, -0.05) is 55.5 Å². The molecule has 3 rings (SSSR count). The van der Waals surface area contributed by atoms with Crippen molar-refractivity contribution < 1.29 is 14.3 Å². The maximum absolute atomic E-state index is 12.6. The lowest BCUT2D eigenvalue weighted by atomic mass is 10.1. The maximum atomic E-state index is 12.6. The highest BCUT2D eigenvalue weighted by atomic mass is 16.5. The molecule has 0 bridgehead atoms. The fourth-order valence-electron chi connectivity index (χ4n) is 3.22. The quantitative estimate of drug-likeness (QED) is 0.545. The third-order valence-corrected chi connectivity index (χ3v) is 4.56. The van der Waals surface area contributed by atoms with Gasteiger partial charge >= 0.3 is 0 Å². The number of hydrogen-bond donors (Lipinski definition) is 0. The zero-order chi connectivity index (χ0) is 20.6. The summed E-state index contributed by atoms with van der Waals surface area (Å²) in [5, 5.41) is 4.72. The number of carbonyl (C=O) groups is 1. The molecule has 0 fully saturated rings. The predicted molar refractivity (Wildman–Crippen MR) is 113 cm³/mol. The van der Waals surface area contributed by atoms with Crippen LogP contribution in [0.1, 0.15) is 18.9 Å². The van der Waals surface area contributed by atoms with E-state index in [9.17, 15) is 4.79 Å². The fourth-order valence-corrected chi connectivity index (χ4v) is 3.22. The zero-order valence-corrected chi connectivity index (χ0v) is 17.2. The molecular formula is C23H27N3O3. The average Bonchev–Trinajstić information content (AvgIpc) is 3.04. The summed E-state index contributed by atoms with van der Waals surface area (Å²) in [5.74, 6) is 1.30. The fraction of sp³-hybridized carbons (Fsp3) is 0.304. The van der Waals surface area contributed by atoms with E-state index in [-0.39, 0.29) is 12.5 Å². The third-order valence-electron chi connectivity index (χ3n) is 4.56. The second kappa shape index (κ2) is 9.89. The van der Waals surface area contributed by atoms with Crippen molar-refractivity contribution in [2.24, 2.45) is 7.05 Å². The molecule has 6 nitrogen and oxygen atoms in total. The molecule has 6 heteroatoms. The molecule has 3 aromatic rings. The molecule has 152 valence electrons. The number of aryl methyl sites for hydroxylation is 1. The molecule has 0 aliphatic carbocycles. The molecule has 1 heterocycles. The minimum Gasteiger partial charge on any atom is -0.439 e. The summed E-state index contributed by atoms with van der Waals surface area (Å²) >= 11 is 0. The molecule has 0 N–H and O–H groups in total. The van der Waals surface area contributed by atoms with E-state index in [1.807, 2.05) is 67.7 Å². The van der Waals surface area contributed by atoms with Crippen molar-refractivity contribution in [3.8, 4) is 22.9 Å². The first kappa shape index (κ1) is 20.6. The van der Waals surface area contributed by atoms with Crippen molar-refractivity contribution in [3.63, 3.8) is 0 Å². The number of nitrogens with zero attached hydrogens (tertiary/aromatic N) is 3. The number of benzene rings is 2. The average molecular weight is 393 g/mol. The molecule has 0 aliphatic heterocycles. The Morgan fingerprint density at radius 3 is 2.34 bits per heavy atom. The zero-order valence-electron chi connectivity index (χ0n) is 17.2. The van der Waals surface area contributed by atoms with Gasteiger partial charge < -0.3 is 14.4 Å². The van der Waals surface area contributed by atoms with Gasteiger partial charge in [-0.25, -0.2) is 4.68 Å². The largest absolute Gasteiger partial charge is 0.439 e. The van der Waals surface area contributed by atoms with Crippen molar-refractivity contribution in [1.82, 2.24) is 14.7 Å². The molecule has 0 unspecified atom stereocenters. The topological polar surface area (TPSA) is 56.6 Å². The molecule has 0 aliphatic rings. The number of carbonyl (C=O) groups excluding carboxylic acids is 1. The van der Waals surface area contributed by atoms with Crippen molar-refractivity contribution >= 4 is 5.91 Å². The summed E-state index contributed by atoms with van der Waals surface area (Å²) in [6, 6.07) is 19.6. The first-order valence-electron chi connectivity index (χ1n) is 9.75. The van der Waals surface area contributed by atoms with Gasteiger partial charge in [-0.05, 0) is 18.6 Å². The van der Waals surface area contributed by atoms with Gasteiger partial charge in [0, 0.05) is 26.3 Å². The van der Waals surface area contributed by atoms with E-state index in [2.05, 4.69) is 6.92 Å². The number of hydrogen-bond acceptors (Lipinski definition) is 4. The van der Waals surface area contributed by atoms with Crippen molar-refractivity contribution in [3.05, 3.63) is 66.2 Å². The van der Waals surface area contributed by atoms with Gasteiger partial charge in [-0.3, -0.25) is 4.79 Å². The van der Waals surface area contributed by atoms with Crippen LogP contribution < -0.4 is 4.74 Å². The van der Waals surface area contributed by atoms with Gasteiger partial charge in [0.25, 0.3) is 0 Å². The highest BCUT2D eigenvalue weighted by Crippen LogP contribution is 2.34. The Kier molecular flexibility index (Phi) is 7.03. The Labute approximate surface area is 171 Å². The SMILES string of the molecule is CCCN(Cc1c(-c2ccccc2)nn(C)c1Oc1ccccc1)C(=O)COC. The van der Waals surface area contributed by atoms with Crippen LogP contribution in [0.2, 0.25) is 0 Å². The van der Waals surface area contributed by atoms with Crippen LogP contribution in [-0.4, -0.2) is 40.8 Å². The van der Waals surface area contributed by atoms with Crippen LogP contribution in [0.5, 0.6) is 11.6 Å². The first-order valence-corrected chi connectivity index (χ1v) is 9.75. The molecule has 1 amide bonds. The van der Waals surface area contributed by atoms with Gasteiger partial charge in [0.05, 0.1) is 12.1 Å². The van der Waals surface area contributed by atoms with E-state index in [1.165, 1.54) is 7.11 Å². The highest BCUT2D eigenvalue weighted by molar-refractivity contribution is 5.78. The van der Waals surface area contributed by atoms with E-state index in [1.54, 1.807) is 9.58 Å². The number of ether oxygens (including phenoxy) is 2. The van der Waals surface area contributed by atoms with Crippen LogP contribution in [0.15, 0.2) is 60.7 Å². The Bertz CT molecular complexity index is 923. The molecule has 1 aromatic heterocycles. The van der Waals surface area contributed by atoms with Gasteiger partial charge in [-0.15, -0.1) is 0 Å². The lowest BCUT2D eigenvalue weighted by Gasteiger charge is -2.22. The summed E-state index contributed by atoms with van der Waals surface area (Å²) in [5.41, 5.74) is 2.67. The second-order valence-electron chi connectivity index (χ2n) is 6.79. The number of para-hydroxylation sites is 1. The Morgan fingerprint density at radius 1 is 1.07 bits per heavy atom. The molecule has 0 radical (unpaired) electrons. The van der Waals surface area contributed by atoms with E-state index in [0.717, 1.165) is 29.0 Å². The predicted octanol–water partition coefficient (Wildman–Crippen LogP) is 4.26. The minimum atomic E-state index is -0.0529. The Balaban J connectivity index is 2.04. The van der Waals surface area contributed by atoms with Gasteiger partial charge in [0.15, 0.2) is 0 Å². The summed E-state index contributed by atoms with van der Waals surface area (Å²) < 4.78 is 13.0. The van der Waals surface area contributed by atoms with Crippen LogP contribution in [-0.2, 0) is 23.1 Å². The second-order valence-corrected chi connectivity index (χ2v) is 6.79. The number of rotatable bonds is 9. The normalized spacial score (nSPS) is 10.7. The minimum absolute atomic E-state index is 0.0514. The number of amides is 1. The van der Waals surface area contributed by atoms with Crippen molar-refractivity contribution in [2.45, 2.75) is 19.9 Å². The van der Waals surface area contributed by atoms with E-state index < -0.39 is 0 Å². The lowest BCUT2D eigenvalue weighted by Crippen LogP contribution is -2.34. The number of methoxy groups -OCH3 is 1. The standard InChI is InChI=1S/C23H27N3O3/c1-4-15-26(21(27)17-28-3)16-20-22(18-11-7-5-8-12-18)24-25(2)23(20)29-19-13-9-6-10-14-19/h5-14H,4,15-17H2,1-3H3. The lowest BCUT2D eigenvalue weighted by molar-refractivity contribution is -0.135. The van der Waals surface area contributed by atoms with Gasteiger partial charge in [-0.2, -0.15) is 5.10 Å². The molecule has 29 heavy (non-hydrogen) atoms. The van der Waals surface area contributed by atoms with Crippen LogP contribution in [0.4, 0.5) is 0 Å². The molecule has 0 saturated carbocycles. The Morgan fingerprint density at radius 2 is 1.72 bits per heavy atom. The third kappa shape index (κ3) is 5.03. The van der Waals surface area contributed by atoms with Crippen LogP contribution >= 0.6 is 0 Å². The molecule has 0 atom stereocenters. The van der Waals surface area contributed by atoms with Crippen molar-refractivity contribution in [2.75, 3.05) is 20.3 Å². The maximum Gasteiger partial charge on any atom is 0.248 e. The number of aromatic nitrogens is 2. The molecule has 0 saturated heterocycles.